The van der Waals surface area contributed by atoms with Crippen molar-refractivity contribution in [3.8, 4) is 0 Å². The highest BCUT2D eigenvalue weighted by Crippen LogP contribution is 2.21. The summed E-state index contributed by atoms with van der Waals surface area (Å²) in [6, 6.07) is 0. The Morgan fingerprint density at radius 2 is 0.889 bits per heavy atom. The third kappa shape index (κ3) is 8.78. The molecule has 1 fully saturated rings. The number of allylic oxidation sites excluding steroid dienone is 2. The zero-order valence-corrected chi connectivity index (χ0v) is 12.6. The largest absolute Gasteiger partial charge is 0.0914 e. The third-order valence-corrected chi connectivity index (χ3v) is 4.36. The molecule has 0 aromatic rings. The standard InChI is InChI=1S/C18H34/c1-2-15-18-16-13-11-9-7-5-3-4-6-8-10-12-14-17-18/h2,15,18H,3-14,16-17H2,1H3. The molecule has 0 heteroatoms. The van der Waals surface area contributed by atoms with Gasteiger partial charge in [-0.2, -0.15) is 0 Å². The molecule has 106 valence electrons. The molecule has 0 amide bonds. The lowest BCUT2D eigenvalue weighted by molar-refractivity contribution is 0.470. The van der Waals surface area contributed by atoms with Gasteiger partial charge in [0, 0.05) is 0 Å². The van der Waals surface area contributed by atoms with E-state index in [1.807, 2.05) is 0 Å². The van der Waals surface area contributed by atoms with Crippen molar-refractivity contribution < 1.29 is 0 Å². The van der Waals surface area contributed by atoms with Crippen molar-refractivity contribution in [2.24, 2.45) is 5.92 Å². The summed E-state index contributed by atoms with van der Waals surface area (Å²) in [5.74, 6) is 0.875. The van der Waals surface area contributed by atoms with E-state index in [4.69, 9.17) is 0 Å². The topological polar surface area (TPSA) is 0 Å². The van der Waals surface area contributed by atoms with Crippen LogP contribution >= 0.6 is 0 Å². The van der Waals surface area contributed by atoms with Crippen LogP contribution in [0.15, 0.2) is 12.2 Å². The summed E-state index contributed by atoms with van der Waals surface area (Å²) in [4.78, 5) is 0. The number of hydrogen-bond donors (Lipinski definition) is 0. The van der Waals surface area contributed by atoms with E-state index in [0.29, 0.717) is 0 Å². The fraction of sp³-hybridized carbons (Fsp3) is 0.889. The van der Waals surface area contributed by atoms with Crippen molar-refractivity contribution in [1.29, 1.82) is 0 Å². The molecule has 0 saturated heterocycles. The Balaban J connectivity index is 2.24. The lowest BCUT2D eigenvalue weighted by Crippen LogP contribution is -1.97. The molecule has 18 heavy (non-hydrogen) atoms. The van der Waals surface area contributed by atoms with Gasteiger partial charge in [0.05, 0.1) is 0 Å². The van der Waals surface area contributed by atoms with E-state index < -0.39 is 0 Å². The van der Waals surface area contributed by atoms with Crippen LogP contribution in [0.5, 0.6) is 0 Å². The average molecular weight is 250 g/mol. The van der Waals surface area contributed by atoms with Gasteiger partial charge in [-0.25, -0.2) is 0 Å². The minimum absolute atomic E-state index is 0.875. The maximum Gasteiger partial charge on any atom is -0.0234 e. The molecule has 0 heterocycles. The molecular weight excluding hydrogens is 216 g/mol. The van der Waals surface area contributed by atoms with Crippen LogP contribution in [0.4, 0.5) is 0 Å². The van der Waals surface area contributed by atoms with Crippen molar-refractivity contribution >= 4 is 0 Å². The highest BCUT2D eigenvalue weighted by molar-refractivity contribution is 4.85. The van der Waals surface area contributed by atoms with E-state index in [1.54, 1.807) is 0 Å². The van der Waals surface area contributed by atoms with Gasteiger partial charge in [-0.1, -0.05) is 89.2 Å². The first-order valence-corrected chi connectivity index (χ1v) is 8.56. The Morgan fingerprint density at radius 1 is 0.556 bits per heavy atom. The van der Waals surface area contributed by atoms with Crippen LogP contribution < -0.4 is 0 Å². The molecule has 0 bridgehead atoms. The molecule has 1 saturated carbocycles. The quantitative estimate of drug-likeness (QED) is 0.457. The first-order valence-electron chi connectivity index (χ1n) is 8.56. The summed E-state index contributed by atoms with van der Waals surface area (Å²) >= 11 is 0. The Bertz CT molecular complexity index is 176. The lowest BCUT2D eigenvalue weighted by Gasteiger charge is -2.12. The second-order valence-corrected chi connectivity index (χ2v) is 6.11. The molecule has 0 spiro atoms. The van der Waals surface area contributed by atoms with Crippen molar-refractivity contribution in [2.75, 3.05) is 0 Å². The van der Waals surface area contributed by atoms with E-state index in [9.17, 15) is 0 Å². The fourth-order valence-electron chi connectivity index (χ4n) is 3.19. The van der Waals surface area contributed by atoms with E-state index in [1.165, 1.54) is 89.9 Å². The van der Waals surface area contributed by atoms with Crippen molar-refractivity contribution in [2.45, 2.75) is 96.8 Å². The zero-order valence-electron chi connectivity index (χ0n) is 12.6. The van der Waals surface area contributed by atoms with Crippen molar-refractivity contribution in [3.05, 3.63) is 12.2 Å². The van der Waals surface area contributed by atoms with Gasteiger partial charge in [0.1, 0.15) is 0 Å². The molecule has 0 N–H and O–H groups in total. The van der Waals surface area contributed by atoms with E-state index in [0.717, 1.165) is 5.92 Å². The summed E-state index contributed by atoms with van der Waals surface area (Å²) in [7, 11) is 0. The Morgan fingerprint density at radius 3 is 1.22 bits per heavy atom. The van der Waals surface area contributed by atoms with Crippen LogP contribution in [0.2, 0.25) is 0 Å². The van der Waals surface area contributed by atoms with Gasteiger partial charge in [0.2, 0.25) is 0 Å². The fourth-order valence-corrected chi connectivity index (χ4v) is 3.19. The molecule has 0 nitrogen and oxygen atoms in total. The van der Waals surface area contributed by atoms with E-state index in [-0.39, 0.29) is 0 Å². The predicted octanol–water partition coefficient (Wildman–Crippen LogP) is 6.65. The summed E-state index contributed by atoms with van der Waals surface area (Å²) in [5.41, 5.74) is 0. The minimum atomic E-state index is 0.875. The molecule has 0 unspecified atom stereocenters. The first kappa shape index (κ1) is 15.8. The smallest absolute Gasteiger partial charge is 0.0234 e. The van der Waals surface area contributed by atoms with Gasteiger partial charge in [-0.15, -0.1) is 0 Å². The summed E-state index contributed by atoms with van der Waals surface area (Å²) in [5, 5.41) is 0. The Labute approximate surface area is 115 Å². The molecule has 1 aliphatic rings. The normalized spacial score (nSPS) is 23.6. The monoisotopic (exact) mass is 250 g/mol. The highest BCUT2D eigenvalue weighted by atomic mass is 14.1. The number of rotatable bonds is 1. The van der Waals surface area contributed by atoms with Crippen LogP contribution in [0.1, 0.15) is 96.8 Å². The molecular formula is C18H34. The van der Waals surface area contributed by atoms with E-state index in [2.05, 4.69) is 19.1 Å². The zero-order chi connectivity index (χ0) is 12.9. The van der Waals surface area contributed by atoms with Gasteiger partial charge in [0.25, 0.3) is 0 Å². The predicted molar refractivity (Wildman–Crippen MR) is 82.9 cm³/mol. The van der Waals surface area contributed by atoms with Gasteiger partial charge >= 0.3 is 0 Å². The molecule has 0 aromatic carbocycles. The van der Waals surface area contributed by atoms with Gasteiger partial charge in [0.15, 0.2) is 0 Å². The van der Waals surface area contributed by atoms with Crippen LogP contribution in [0.25, 0.3) is 0 Å². The van der Waals surface area contributed by atoms with Crippen LogP contribution in [0.3, 0.4) is 0 Å². The second kappa shape index (κ2) is 11.8. The molecule has 0 radical (unpaired) electrons. The SMILES string of the molecule is CC=CC1CCCCCCCCCCCCCC1. The van der Waals surface area contributed by atoms with Crippen LogP contribution in [0, 0.1) is 5.92 Å². The summed E-state index contributed by atoms with van der Waals surface area (Å²) in [6.07, 6.45) is 25.3. The van der Waals surface area contributed by atoms with Gasteiger partial charge < -0.3 is 0 Å². The lowest BCUT2D eigenvalue weighted by atomic mass is 9.94. The second-order valence-electron chi connectivity index (χ2n) is 6.11. The third-order valence-electron chi connectivity index (χ3n) is 4.36. The average Bonchev–Trinajstić information content (AvgIpc) is 2.39. The minimum Gasteiger partial charge on any atom is -0.0914 e. The molecule has 1 aliphatic carbocycles. The molecule has 0 aliphatic heterocycles. The maximum absolute atomic E-state index is 2.46. The van der Waals surface area contributed by atoms with Gasteiger partial charge in [-0.3, -0.25) is 0 Å². The molecule has 0 atom stereocenters. The maximum atomic E-state index is 2.46. The van der Waals surface area contributed by atoms with Crippen LogP contribution in [-0.4, -0.2) is 0 Å². The first-order chi connectivity index (χ1) is 8.93. The van der Waals surface area contributed by atoms with Crippen molar-refractivity contribution in [3.63, 3.8) is 0 Å². The summed E-state index contributed by atoms with van der Waals surface area (Å²) in [6.45, 7) is 2.18. The summed E-state index contributed by atoms with van der Waals surface area (Å²) < 4.78 is 0. The Hall–Kier alpha value is -0.260. The van der Waals surface area contributed by atoms with Crippen LogP contribution in [-0.2, 0) is 0 Å². The highest BCUT2D eigenvalue weighted by Gasteiger charge is 2.05. The Kier molecular flexibility index (Phi) is 10.4. The molecule has 0 aromatic heterocycles. The van der Waals surface area contributed by atoms with E-state index >= 15 is 0 Å². The number of hydrogen-bond acceptors (Lipinski definition) is 0. The van der Waals surface area contributed by atoms with Crippen molar-refractivity contribution in [1.82, 2.24) is 0 Å². The molecule has 1 rings (SSSR count). The van der Waals surface area contributed by atoms with Gasteiger partial charge in [-0.05, 0) is 25.7 Å².